The van der Waals surface area contributed by atoms with Gasteiger partial charge in [-0.25, -0.2) is 9.48 Å². The number of rotatable bonds is 7. The van der Waals surface area contributed by atoms with Crippen LogP contribution in [0, 0.1) is 0 Å². The van der Waals surface area contributed by atoms with Gasteiger partial charge in [0.1, 0.15) is 5.82 Å². The van der Waals surface area contributed by atoms with Crippen molar-refractivity contribution in [1.82, 2.24) is 19.7 Å². The third kappa shape index (κ3) is 3.20. The summed E-state index contributed by atoms with van der Waals surface area (Å²) in [4.78, 5) is 12.0. The van der Waals surface area contributed by atoms with Crippen LogP contribution in [0.5, 0.6) is 0 Å². The quantitative estimate of drug-likeness (QED) is 0.696. The molecule has 2 rings (SSSR count). The highest BCUT2D eigenvalue weighted by Gasteiger charge is 2.15. The van der Waals surface area contributed by atoms with E-state index in [0.717, 1.165) is 57.7 Å². The van der Waals surface area contributed by atoms with Gasteiger partial charge in [0.15, 0.2) is 0 Å². The number of nitrogens with one attached hydrogen (secondary N) is 1. The van der Waals surface area contributed by atoms with Crippen LogP contribution in [0.4, 0.5) is 0 Å². The highest BCUT2D eigenvalue weighted by atomic mass is 16.5. The monoisotopic (exact) mass is 254 g/mol. The zero-order valence-corrected chi connectivity index (χ0v) is 11.0. The van der Waals surface area contributed by atoms with Crippen LogP contribution >= 0.6 is 0 Å². The third-order valence-corrected chi connectivity index (χ3v) is 3.23. The van der Waals surface area contributed by atoms with E-state index >= 15 is 0 Å². The van der Waals surface area contributed by atoms with Crippen molar-refractivity contribution in [1.29, 1.82) is 0 Å². The smallest absolute Gasteiger partial charge is 0.345 e. The molecule has 0 radical (unpaired) electrons. The molecule has 0 aliphatic carbocycles. The Bertz CT molecular complexity index is 424. The molecule has 18 heavy (non-hydrogen) atoms. The van der Waals surface area contributed by atoms with Crippen LogP contribution in [0.15, 0.2) is 4.79 Å². The van der Waals surface area contributed by atoms with Crippen molar-refractivity contribution in [3.8, 4) is 0 Å². The number of ether oxygens (including phenoxy) is 1. The second kappa shape index (κ2) is 6.70. The van der Waals surface area contributed by atoms with E-state index in [4.69, 9.17) is 4.74 Å². The number of fused-ring (bicyclic) bond motifs is 1. The lowest BCUT2D eigenvalue weighted by Crippen LogP contribution is -2.30. The number of aryl methyl sites for hydroxylation is 1. The molecule has 102 valence electrons. The van der Waals surface area contributed by atoms with Gasteiger partial charge in [-0.3, -0.25) is 4.57 Å². The van der Waals surface area contributed by atoms with E-state index in [1.807, 2.05) is 4.57 Å². The molecule has 1 aliphatic heterocycles. The fourth-order valence-corrected chi connectivity index (χ4v) is 2.25. The molecule has 1 aromatic heterocycles. The number of methoxy groups -OCH3 is 1. The van der Waals surface area contributed by atoms with Gasteiger partial charge in [-0.15, -0.1) is 0 Å². The van der Waals surface area contributed by atoms with Gasteiger partial charge in [0.25, 0.3) is 0 Å². The van der Waals surface area contributed by atoms with E-state index in [9.17, 15) is 4.79 Å². The van der Waals surface area contributed by atoms with Crippen molar-refractivity contribution in [2.24, 2.45) is 0 Å². The summed E-state index contributed by atoms with van der Waals surface area (Å²) >= 11 is 0. The summed E-state index contributed by atoms with van der Waals surface area (Å²) in [5, 5.41) is 7.67. The summed E-state index contributed by atoms with van der Waals surface area (Å²) < 4.78 is 8.37. The molecule has 0 saturated carbocycles. The number of hydrogen-bond donors (Lipinski definition) is 1. The van der Waals surface area contributed by atoms with Gasteiger partial charge in [-0.05, 0) is 25.8 Å². The number of nitrogens with zero attached hydrogens (tertiary/aromatic N) is 3. The van der Waals surface area contributed by atoms with Gasteiger partial charge in [0, 0.05) is 33.2 Å². The van der Waals surface area contributed by atoms with E-state index in [-0.39, 0.29) is 5.69 Å². The highest BCUT2D eigenvalue weighted by Crippen LogP contribution is 2.08. The molecule has 6 nitrogen and oxygen atoms in total. The molecule has 1 aliphatic rings. The van der Waals surface area contributed by atoms with Crippen LogP contribution in [-0.4, -0.2) is 41.2 Å². The number of hydrogen-bond acceptors (Lipinski definition) is 4. The Labute approximate surface area is 107 Å². The van der Waals surface area contributed by atoms with E-state index in [2.05, 4.69) is 10.4 Å². The molecule has 2 heterocycles. The fraction of sp³-hybridized carbons (Fsp3) is 0.833. The minimum Gasteiger partial charge on any atom is -0.385 e. The van der Waals surface area contributed by atoms with Crippen LogP contribution < -0.4 is 11.0 Å². The van der Waals surface area contributed by atoms with Crippen LogP contribution in [0.2, 0.25) is 0 Å². The minimum atomic E-state index is 0.0448. The van der Waals surface area contributed by atoms with Gasteiger partial charge < -0.3 is 10.1 Å². The summed E-state index contributed by atoms with van der Waals surface area (Å²) in [5.74, 6) is 0.950. The standard InChI is InChI=1S/C12H22N4O2/c1-18-10-4-6-13-7-9-16-12(17)15-8-3-2-5-11(15)14-16/h13H,2-10H2,1H3. The highest BCUT2D eigenvalue weighted by molar-refractivity contribution is 4.91. The van der Waals surface area contributed by atoms with Crippen molar-refractivity contribution < 1.29 is 4.74 Å². The first-order valence-corrected chi connectivity index (χ1v) is 6.69. The van der Waals surface area contributed by atoms with Crippen molar-refractivity contribution >= 4 is 0 Å². The molecular formula is C12H22N4O2. The van der Waals surface area contributed by atoms with Crippen LogP contribution in [0.25, 0.3) is 0 Å². The van der Waals surface area contributed by atoms with Gasteiger partial charge in [0.05, 0.1) is 6.54 Å². The van der Waals surface area contributed by atoms with E-state index in [1.165, 1.54) is 0 Å². The summed E-state index contributed by atoms with van der Waals surface area (Å²) in [6.07, 6.45) is 4.16. The SMILES string of the molecule is COCCCNCCn1nc2n(c1=O)CCCC2. The Kier molecular flexibility index (Phi) is 4.95. The minimum absolute atomic E-state index is 0.0448. The molecule has 0 spiro atoms. The average molecular weight is 254 g/mol. The summed E-state index contributed by atoms with van der Waals surface area (Å²) in [6, 6.07) is 0. The van der Waals surface area contributed by atoms with Crippen molar-refractivity contribution in [2.75, 3.05) is 26.8 Å². The first-order valence-electron chi connectivity index (χ1n) is 6.69. The Morgan fingerprint density at radius 2 is 2.28 bits per heavy atom. The van der Waals surface area contributed by atoms with Gasteiger partial charge >= 0.3 is 5.69 Å². The maximum absolute atomic E-state index is 12.0. The maximum atomic E-state index is 12.0. The first kappa shape index (κ1) is 13.3. The molecule has 0 saturated heterocycles. The van der Waals surface area contributed by atoms with Gasteiger partial charge in [-0.1, -0.05) is 0 Å². The molecule has 0 amide bonds. The van der Waals surface area contributed by atoms with E-state index < -0.39 is 0 Å². The molecule has 0 fully saturated rings. The largest absolute Gasteiger partial charge is 0.385 e. The predicted molar refractivity (Wildman–Crippen MR) is 68.8 cm³/mol. The second-order valence-electron chi connectivity index (χ2n) is 4.63. The Balaban J connectivity index is 1.79. The second-order valence-corrected chi connectivity index (χ2v) is 4.63. The zero-order chi connectivity index (χ0) is 12.8. The molecule has 0 unspecified atom stereocenters. The lowest BCUT2D eigenvalue weighted by atomic mass is 10.2. The maximum Gasteiger partial charge on any atom is 0.345 e. The molecule has 0 atom stereocenters. The molecule has 1 aromatic rings. The molecule has 1 N–H and O–H groups in total. The van der Waals surface area contributed by atoms with Gasteiger partial charge in [-0.2, -0.15) is 5.10 Å². The first-order chi connectivity index (χ1) is 8.83. The van der Waals surface area contributed by atoms with Gasteiger partial charge in [0.2, 0.25) is 0 Å². The predicted octanol–water partition coefficient (Wildman–Crippen LogP) is 0.00720. The summed E-state index contributed by atoms with van der Waals surface area (Å²) in [6.45, 7) is 3.93. The van der Waals surface area contributed by atoms with Crippen molar-refractivity contribution in [2.45, 2.75) is 38.8 Å². The summed E-state index contributed by atoms with van der Waals surface area (Å²) in [7, 11) is 1.70. The molecule has 6 heteroatoms. The molecule has 0 aromatic carbocycles. The number of aromatic nitrogens is 3. The van der Waals surface area contributed by atoms with Crippen LogP contribution in [0.3, 0.4) is 0 Å². The fourth-order valence-electron chi connectivity index (χ4n) is 2.25. The zero-order valence-electron chi connectivity index (χ0n) is 11.0. The Morgan fingerprint density at radius 1 is 1.39 bits per heavy atom. The Morgan fingerprint density at radius 3 is 3.06 bits per heavy atom. The molecule has 0 bridgehead atoms. The lowest BCUT2D eigenvalue weighted by Gasteiger charge is -2.09. The Hall–Kier alpha value is -1.14. The van der Waals surface area contributed by atoms with Crippen molar-refractivity contribution in [3.05, 3.63) is 16.3 Å². The van der Waals surface area contributed by atoms with Crippen molar-refractivity contribution in [3.63, 3.8) is 0 Å². The average Bonchev–Trinajstić information content (AvgIpc) is 2.71. The third-order valence-electron chi connectivity index (χ3n) is 3.23. The van der Waals surface area contributed by atoms with E-state index in [0.29, 0.717) is 6.54 Å². The topological polar surface area (TPSA) is 61.1 Å². The van der Waals surface area contributed by atoms with Crippen LogP contribution in [0.1, 0.15) is 25.1 Å². The van der Waals surface area contributed by atoms with Crippen LogP contribution in [-0.2, 0) is 24.2 Å². The normalized spacial score (nSPS) is 14.7. The lowest BCUT2D eigenvalue weighted by molar-refractivity contribution is 0.194. The molecular weight excluding hydrogens is 232 g/mol. The van der Waals surface area contributed by atoms with E-state index in [1.54, 1.807) is 11.8 Å². The summed E-state index contributed by atoms with van der Waals surface area (Å²) in [5.41, 5.74) is 0.0448.